The molecule has 1 amide bonds. The van der Waals surface area contributed by atoms with E-state index in [1.54, 1.807) is 12.1 Å². The van der Waals surface area contributed by atoms with Crippen molar-refractivity contribution < 1.29 is 19.1 Å². The van der Waals surface area contributed by atoms with Crippen LogP contribution in [0.5, 0.6) is 0 Å². The summed E-state index contributed by atoms with van der Waals surface area (Å²) in [5.41, 5.74) is 3.01. The van der Waals surface area contributed by atoms with E-state index in [9.17, 15) is 9.59 Å². The summed E-state index contributed by atoms with van der Waals surface area (Å²) in [7, 11) is 0. The minimum atomic E-state index is -0.328. The van der Waals surface area contributed by atoms with Crippen molar-refractivity contribution in [3.63, 3.8) is 0 Å². The maximum atomic E-state index is 13.2. The van der Waals surface area contributed by atoms with Crippen LogP contribution in [-0.4, -0.2) is 55.2 Å². The molecule has 0 aromatic heterocycles. The summed E-state index contributed by atoms with van der Waals surface area (Å²) in [6.45, 7) is 4.03. The first-order valence-corrected chi connectivity index (χ1v) is 12.1. The molecule has 0 radical (unpaired) electrons. The molecular weight excluding hydrogens is 416 g/mol. The van der Waals surface area contributed by atoms with Gasteiger partial charge in [-0.1, -0.05) is 49.6 Å². The number of fused-ring (bicyclic) bond motifs is 1. The molecule has 6 heteroatoms. The van der Waals surface area contributed by atoms with E-state index in [2.05, 4.69) is 10.2 Å². The van der Waals surface area contributed by atoms with Crippen LogP contribution in [0, 0.1) is 0 Å². The predicted molar refractivity (Wildman–Crippen MR) is 125 cm³/mol. The van der Waals surface area contributed by atoms with Crippen molar-refractivity contribution >= 4 is 11.9 Å². The molecular formula is C27H32N2O4. The Hall–Kier alpha value is -2.70. The van der Waals surface area contributed by atoms with Crippen molar-refractivity contribution in [2.45, 2.75) is 50.2 Å². The van der Waals surface area contributed by atoms with Crippen LogP contribution in [0.15, 0.2) is 48.5 Å². The summed E-state index contributed by atoms with van der Waals surface area (Å²) in [6, 6.07) is 15.1. The number of carbonyl (C=O) groups is 2. The average molecular weight is 449 g/mol. The minimum Gasteiger partial charge on any atom is -0.454 e. The Balaban J connectivity index is 1.30. The topological polar surface area (TPSA) is 67.9 Å². The van der Waals surface area contributed by atoms with Gasteiger partial charge in [0, 0.05) is 37.2 Å². The Labute approximate surface area is 195 Å². The van der Waals surface area contributed by atoms with Gasteiger partial charge in [0.05, 0.1) is 18.8 Å². The predicted octanol–water partition coefficient (Wildman–Crippen LogP) is 3.91. The number of nitrogens with zero attached hydrogens (tertiary/aromatic N) is 1. The molecule has 3 aliphatic rings. The second-order valence-corrected chi connectivity index (χ2v) is 9.45. The molecule has 2 aromatic carbocycles. The Morgan fingerprint density at radius 1 is 1.03 bits per heavy atom. The highest BCUT2D eigenvalue weighted by Gasteiger charge is 2.39. The highest BCUT2D eigenvalue weighted by atomic mass is 16.5. The number of esters is 1. The van der Waals surface area contributed by atoms with Gasteiger partial charge in [0.2, 0.25) is 0 Å². The molecule has 2 fully saturated rings. The average Bonchev–Trinajstić information content (AvgIpc) is 2.88. The normalized spacial score (nSPS) is 22.8. The number of ether oxygens (including phenoxy) is 2. The minimum absolute atomic E-state index is 0.0219. The fourth-order valence-electron chi connectivity index (χ4n) is 5.59. The van der Waals surface area contributed by atoms with E-state index in [0.717, 1.165) is 50.3 Å². The first-order chi connectivity index (χ1) is 16.1. The Morgan fingerprint density at radius 2 is 1.79 bits per heavy atom. The van der Waals surface area contributed by atoms with E-state index in [1.807, 2.05) is 36.4 Å². The molecule has 1 saturated carbocycles. The van der Waals surface area contributed by atoms with E-state index in [1.165, 1.54) is 19.3 Å². The lowest BCUT2D eigenvalue weighted by Crippen LogP contribution is -2.59. The number of hydrogen-bond acceptors (Lipinski definition) is 5. The fraction of sp³-hybridized carbons (Fsp3) is 0.481. The molecule has 33 heavy (non-hydrogen) atoms. The Morgan fingerprint density at radius 3 is 2.55 bits per heavy atom. The van der Waals surface area contributed by atoms with E-state index in [-0.39, 0.29) is 23.5 Å². The van der Waals surface area contributed by atoms with Crippen molar-refractivity contribution in [1.82, 2.24) is 10.2 Å². The number of rotatable bonds is 5. The first kappa shape index (κ1) is 22.1. The summed E-state index contributed by atoms with van der Waals surface area (Å²) in [6.07, 6.45) is 6.15. The largest absolute Gasteiger partial charge is 0.454 e. The van der Waals surface area contributed by atoms with Gasteiger partial charge in [-0.05, 0) is 42.2 Å². The zero-order valence-corrected chi connectivity index (χ0v) is 19.1. The molecule has 6 nitrogen and oxygen atoms in total. The van der Waals surface area contributed by atoms with Crippen molar-refractivity contribution in [2.24, 2.45) is 0 Å². The van der Waals surface area contributed by atoms with Crippen molar-refractivity contribution in [3.8, 4) is 0 Å². The molecule has 1 aliphatic carbocycles. The molecule has 1 N–H and O–H groups in total. The SMILES string of the molecule is O=C(NCC1(N2CCOCC2)CCCCC1)c1ccc2c(c1)C[C@@H](c1ccccc1)OC2=O. The first-order valence-electron chi connectivity index (χ1n) is 12.1. The van der Waals surface area contributed by atoms with Crippen LogP contribution >= 0.6 is 0 Å². The van der Waals surface area contributed by atoms with Crippen LogP contribution in [0.2, 0.25) is 0 Å². The molecule has 0 unspecified atom stereocenters. The zero-order valence-electron chi connectivity index (χ0n) is 19.1. The van der Waals surface area contributed by atoms with Gasteiger partial charge in [0.15, 0.2) is 0 Å². The van der Waals surface area contributed by atoms with E-state index < -0.39 is 0 Å². The van der Waals surface area contributed by atoms with Crippen LogP contribution in [0.25, 0.3) is 0 Å². The number of amides is 1. The number of hydrogen-bond donors (Lipinski definition) is 1. The number of cyclic esters (lactones) is 1. The third kappa shape index (κ3) is 4.68. The third-order valence-electron chi connectivity index (χ3n) is 7.46. The maximum absolute atomic E-state index is 13.2. The van der Waals surface area contributed by atoms with Crippen LogP contribution < -0.4 is 5.32 Å². The third-order valence-corrected chi connectivity index (χ3v) is 7.46. The second-order valence-electron chi connectivity index (χ2n) is 9.45. The van der Waals surface area contributed by atoms with Crippen molar-refractivity contribution in [2.75, 3.05) is 32.8 Å². The smallest absolute Gasteiger partial charge is 0.339 e. The monoisotopic (exact) mass is 448 g/mol. The van der Waals surface area contributed by atoms with Gasteiger partial charge in [-0.15, -0.1) is 0 Å². The van der Waals surface area contributed by atoms with Gasteiger partial charge in [0.25, 0.3) is 5.91 Å². The highest BCUT2D eigenvalue weighted by molar-refractivity contribution is 5.97. The van der Waals surface area contributed by atoms with E-state index >= 15 is 0 Å². The zero-order chi connectivity index (χ0) is 22.7. The van der Waals surface area contributed by atoms with Gasteiger partial charge in [-0.3, -0.25) is 9.69 Å². The van der Waals surface area contributed by atoms with Gasteiger partial charge in [-0.25, -0.2) is 4.79 Å². The van der Waals surface area contributed by atoms with Crippen LogP contribution in [-0.2, 0) is 15.9 Å². The molecule has 2 aromatic rings. The van der Waals surface area contributed by atoms with E-state index in [4.69, 9.17) is 9.47 Å². The van der Waals surface area contributed by atoms with Gasteiger partial charge < -0.3 is 14.8 Å². The Kier molecular flexibility index (Phi) is 6.47. The molecule has 0 bridgehead atoms. The fourth-order valence-corrected chi connectivity index (χ4v) is 5.59. The Bertz CT molecular complexity index is 994. The van der Waals surface area contributed by atoms with Crippen molar-refractivity contribution in [1.29, 1.82) is 0 Å². The van der Waals surface area contributed by atoms with Gasteiger partial charge in [-0.2, -0.15) is 0 Å². The molecule has 174 valence electrons. The summed E-state index contributed by atoms with van der Waals surface area (Å²) in [4.78, 5) is 28.3. The van der Waals surface area contributed by atoms with Gasteiger partial charge in [0.1, 0.15) is 6.10 Å². The lowest BCUT2D eigenvalue weighted by atomic mass is 9.79. The number of morpholine rings is 1. The molecule has 2 heterocycles. The lowest BCUT2D eigenvalue weighted by Gasteiger charge is -2.48. The molecule has 1 saturated heterocycles. The lowest BCUT2D eigenvalue weighted by molar-refractivity contribution is -0.0361. The van der Waals surface area contributed by atoms with Crippen LogP contribution in [0.1, 0.15) is 70.1 Å². The summed E-state index contributed by atoms with van der Waals surface area (Å²) < 4.78 is 11.2. The summed E-state index contributed by atoms with van der Waals surface area (Å²) in [5, 5.41) is 3.23. The second kappa shape index (κ2) is 9.65. The summed E-state index contributed by atoms with van der Waals surface area (Å²) >= 11 is 0. The van der Waals surface area contributed by atoms with Crippen LogP contribution in [0.4, 0.5) is 0 Å². The molecule has 0 spiro atoms. The number of carbonyl (C=O) groups excluding carboxylic acids is 2. The molecule has 2 aliphatic heterocycles. The van der Waals surface area contributed by atoms with Gasteiger partial charge >= 0.3 is 5.97 Å². The van der Waals surface area contributed by atoms with Crippen LogP contribution in [0.3, 0.4) is 0 Å². The molecule has 5 rings (SSSR count). The van der Waals surface area contributed by atoms with Crippen molar-refractivity contribution in [3.05, 3.63) is 70.8 Å². The quantitative estimate of drug-likeness (QED) is 0.703. The summed E-state index contributed by atoms with van der Waals surface area (Å²) in [5.74, 6) is -0.406. The number of nitrogens with one attached hydrogen (secondary N) is 1. The highest BCUT2D eigenvalue weighted by Crippen LogP contribution is 2.34. The standard InChI is InChI=1S/C27H32N2O4/c30-25(28-19-27(11-5-2-6-12-27)29-13-15-32-16-14-29)21-9-10-23-22(17-21)18-24(33-26(23)31)20-7-3-1-4-8-20/h1,3-4,7-10,17,24H,2,5-6,11-16,18-19H2,(H,28,30)/t24-/m0/s1. The molecule has 1 atom stereocenters. The van der Waals surface area contributed by atoms with E-state index in [0.29, 0.717) is 24.1 Å². The number of benzene rings is 2. The maximum Gasteiger partial charge on any atom is 0.339 e.